The Kier molecular flexibility index (Phi) is 5.76. The summed E-state index contributed by atoms with van der Waals surface area (Å²) in [6.45, 7) is 9.71. The minimum Gasteiger partial charge on any atom is -0.385 e. The van der Waals surface area contributed by atoms with E-state index in [1.807, 2.05) is 33.8 Å². The fourth-order valence-electron chi connectivity index (χ4n) is 1.69. The Morgan fingerprint density at radius 3 is 2.79 bits per heavy atom. The van der Waals surface area contributed by atoms with E-state index >= 15 is 0 Å². The fourth-order valence-corrected chi connectivity index (χ4v) is 1.69. The number of carbonyl (C=O) groups excluding carboxylic acids is 1. The highest BCUT2D eigenvalue weighted by atomic mass is 16.5. The monoisotopic (exact) mass is 265 g/mol. The molecule has 0 fully saturated rings. The largest absolute Gasteiger partial charge is 0.385 e. The van der Waals surface area contributed by atoms with E-state index in [9.17, 15) is 4.79 Å². The standard InChI is InChI=1S/C14H23N3O2/c1-5-15-11-7-8-16-12(9-11)13(18)17-10-14(3,4)19-6-2/h7-9H,5-6,10H2,1-4H3,(H,15,16)(H,17,18). The lowest BCUT2D eigenvalue weighted by Gasteiger charge is -2.24. The van der Waals surface area contributed by atoms with Gasteiger partial charge in [-0.2, -0.15) is 0 Å². The Hall–Kier alpha value is -1.62. The number of amides is 1. The SMILES string of the molecule is CCNc1ccnc(C(=O)NCC(C)(C)OCC)c1. The summed E-state index contributed by atoms with van der Waals surface area (Å²) in [5.74, 6) is -0.187. The van der Waals surface area contributed by atoms with E-state index in [4.69, 9.17) is 4.74 Å². The summed E-state index contributed by atoms with van der Waals surface area (Å²) >= 11 is 0. The molecule has 5 heteroatoms. The molecule has 1 aromatic heterocycles. The van der Waals surface area contributed by atoms with Gasteiger partial charge in [-0.1, -0.05) is 0 Å². The van der Waals surface area contributed by atoms with Gasteiger partial charge in [0.1, 0.15) is 5.69 Å². The van der Waals surface area contributed by atoms with Gasteiger partial charge in [0.05, 0.1) is 5.60 Å². The predicted molar refractivity (Wildman–Crippen MR) is 76.4 cm³/mol. The first-order chi connectivity index (χ1) is 8.98. The highest BCUT2D eigenvalue weighted by Gasteiger charge is 2.19. The highest BCUT2D eigenvalue weighted by molar-refractivity contribution is 5.93. The molecular weight excluding hydrogens is 242 g/mol. The molecule has 0 aliphatic heterocycles. The second-order valence-corrected chi connectivity index (χ2v) is 4.84. The van der Waals surface area contributed by atoms with Gasteiger partial charge in [0, 0.05) is 31.6 Å². The molecule has 0 saturated carbocycles. The molecular formula is C14H23N3O2. The van der Waals surface area contributed by atoms with Crippen LogP contribution in [0.4, 0.5) is 5.69 Å². The summed E-state index contributed by atoms with van der Waals surface area (Å²) in [6.07, 6.45) is 1.63. The van der Waals surface area contributed by atoms with Crippen LogP contribution < -0.4 is 10.6 Å². The van der Waals surface area contributed by atoms with E-state index in [1.54, 1.807) is 12.3 Å². The lowest BCUT2D eigenvalue weighted by molar-refractivity contribution is -0.00818. The first-order valence-electron chi connectivity index (χ1n) is 6.60. The van der Waals surface area contributed by atoms with E-state index in [0.29, 0.717) is 18.8 Å². The molecule has 0 saturated heterocycles. The number of anilines is 1. The van der Waals surface area contributed by atoms with Gasteiger partial charge in [-0.15, -0.1) is 0 Å². The molecule has 0 aromatic carbocycles. The van der Waals surface area contributed by atoms with Crippen LogP contribution in [0.1, 0.15) is 38.2 Å². The van der Waals surface area contributed by atoms with Gasteiger partial charge in [0.15, 0.2) is 0 Å². The van der Waals surface area contributed by atoms with Crippen molar-refractivity contribution >= 4 is 11.6 Å². The number of ether oxygens (including phenoxy) is 1. The van der Waals surface area contributed by atoms with Crippen molar-refractivity contribution in [1.29, 1.82) is 0 Å². The smallest absolute Gasteiger partial charge is 0.270 e. The summed E-state index contributed by atoms with van der Waals surface area (Å²) in [5.41, 5.74) is 0.932. The molecule has 106 valence electrons. The number of pyridine rings is 1. The van der Waals surface area contributed by atoms with Crippen molar-refractivity contribution in [1.82, 2.24) is 10.3 Å². The van der Waals surface area contributed by atoms with Crippen molar-refractivity contribution in [2.24, 2.45) is 0 Å². The Morgan fingerprint density at radius 1 is 1.42 bits per heavy atom. The molecule has 1 aromatic rings. The first kappa shape index (κ1) is 15.4. The zero-order valence-electron chi connectivity index (χ0n) is 12.1. The Morgan fingerprint density at radius 2 is 2.16 bits per heavy atom. The number of nitrogens with zero attached hydrogens (tertiary/aromatic N) is 1. The molecule has 0 radical (unpaired) electrons. The van der Waals surface area contributed by atoms with Crippen LogP contribution in [0.25, 0.3) is 0 Å². The molecule has 19 heavy (non-hydrogen) atoms. The van der Waals surface area contributed by atoms with E-state index < -0.39 is 0 Å². The van der Waals surface area contributed by atoms with Crippen LogP contribution >= 0.6 is 0 Å². The topological polar surface area (TPSA) is 63.2 Å². The highest BCUT2D eigenvalue weighted by Crippen LogP contribution is 2.09. The number of hydrogen-bond acceptors (Lipinski definition) is 4. The average Bonchev–Trinajstić information content (AvgIpc) is 2.37. The number of aromatic nitrogens is 1. The van der Waals surface area contributed by atoms with Gasteiger partial charge in [-0.3, -0.25) is 9.78 Å². The lowest BCUT2D eigenvalue weighted by Crippen LogP contribution is -2.40. The molecule has 0 atom stereocenters. The van der Waals surface area contributed by atoms with Gasteiger partial charge in [-0.05, 0) is 39.8 Å². The molecule has 0 unspecified atom stereocenters. The van der Waals surface area contributed by atoms with Crippen LogP contribution in [0.2, 0.25) is 0 Å². The maximum atomic E-state index is 12.0. The molecule has 0 bridgehead atoms. The van der Waals surface area contributed by atoms with Crippen molar-refractivity contribution < 1.29 is 9.53 Å². The van der Waals surface area contributed by atoms with Crippen molar-refractivity contribution in [2.45, 2.75) is 33.3 Å². The van der Waals surface area contributed by atoms with E-state index in [1.165, 1.54) is 0 Å². The van der Waals surface area contributed by atoms with Crippen LogP contribution in [0.15, 0.2) is 18.3 Å². The minimum atomic E-state index is -0.371. The summed E-state index contributed by atoms with van der Waals surface area (Å²) < 4.78 is 5.53. The van der Waals surface area contributed by atoms with Crippen molar-refractivity contribution in [3.8, 4) is 0 Å². The van der Waals surface area contributed by atoms with Gasteiger partial charge in [0.25, 0.3) is 5.91 Å². The number of rotatable bonds is 7. The van der Waals surface area contributed by atoms with Crippen molar-refractivity contribution in [2.75, 3.05) is 25.0 Å². The van der Waals surface area contributed by atoms with E-state index in [0.717, 1.165) is 12.2 Å². The Labute approximate surface area is 114 Å². The number of nitrogens with one attached hydrogen (secondary N) is 2. The van der Waals surface area contributed by atoms with Gasteiger partial charge in [-0.25, -0.2) is 0 Å². The third-order valence-electron chi connectivity index (χ3n) is 2.58. The Balaban J connectivity index is 2.60. The van der Waals surface area contributed by atoms with E-state index in [2.05, 4.69) is 15.6 Å². The lowest BCUT2D eigenvalue weighted by atomic mass is 10.1. The maximum Gasteiger partial charge on any atom is 0.270 e. The second kappa shape index (κ2) is 7.09. The normalized spacial score (nSPS) is 11.2. The van der Waals surface area contributed by atoms with Crippen molar-refractivity contribution in [3.63, 3.8) is 0 Å². The fraction of sp³-hybridized carbons (Fsp3) is 0.571. The summed E-state index contributed by atoms with van der Waals surface area (Å²) in [7, 11) is 0. The third kappa shape index (κ3) is 5.26. The molecule has 5 nitrogen and oxygen atoms in total. The zero-order chi connectivity index (χ0) is 14.3. The third-order valence-corrected chi connectivity index (χ3v) is 2.58. The zero-order valence-corrected chi connectivity index (χ0v) is 12.1. The first-order valence-corrected chi connectivity index (χ1v) is 6.60. The average molecular weight is 265 g/mol. The Bertz CT molecular complexity index is 419. The quantitative estimate of drug-likeness (QED) is 0.792. The van der Waals surface area contributed by atoms with Gasteiger partial charge in [0.2, 0.25) is 0 Å². The van der Waals surface area contributed by atoms with Gasteiger partial charge < -0.3 is 15.4 Å². The van der Waals surface area contributed by atoms with Crippen molar-refractivity contribution in [3.05, 3.63) is 24.0 Å². The summed E-state index contributed by atoms with van der Waals surface area (Å²) in [6, 6.07) is 3.58. The molecule has 0 aliphatic rings. The minimum absolute atomic E-state index is 0.187. The van der Waals surface area contributed by atoms with Crippen LogP contribution in [0, 0.1) is 0 Å². The predicted octanol–water partition coefficient (Wildman–Crippen LogP) is 2.06. The summed E-state index contributed by atoms with van der Waals surface area (Å²) in [5, 5.41) is 5.99. The second-order valence-electron chi connectivity index (χ2n) is 4.84. The number of carbonyl (C=O) groups is 1. The molecule has 0 spiro atoms. The van der Waals surface area contributed by atoms with Crippen LogP contribution in [0.5, 0.6) is 0 Å². The molecule has 1 heterocycles. The maximum absolute atomic E-state index is 12.0. The van der Waals surface area contributed by atoms with Crippen LogP contribution in [0.3, 0.4) is 0 Å². The van der Waals surface area contributed by atoms with Crippen LogP contribution in [-0.2, 0) is 4.74 Å². The number of hydrogen-bond donors (Lipinski definition) is 2. The molecule has 0 aliphatic carbocycles. The molecule has 2 N–H and O–H groups in total. The van der Waals surface area contributed by atoms with E-state index in [-0.39, 0.29) is 11.5 Å². The van der Waals surface area contributed by atoms with Crippen LogP contribution in [-0.4, -0.2) is 36.2 Å². The summed E-state index contributed by atoms with van der Waals surface area (Å²) in [4.78, 5) is 16.1. The molecule has 1 amide bonds. The van der Waals surface area contributed by atoms with Gasteiger partial charge >= 0.3 is 0 Å². The molecule has 1 rings (SSSR count).